The maximum absolute atomic E-state index is 12.1. The number of halogens is 3. The van der Waals surface area contributed by atoms with Gasteiger partial charge in [-0.1, -0.05) is 6.07 Å². The van der Waals surface area contributed by atoms with Crippen LogP contribution >= 0.6 is 0 Å². The zero-order chi connectivity index (χ0) is 17.5. The smallest absolute Gasteiger partial charge is 0.386 e. The Labute approximate surface area is 142 Å². The summed E-state index contributed by atoms with van der Waals surface area (Å²) in [5, 5.41) is 7.33. The van der Waals surface area contributed by atoms with Gasteiger partial charge in [-0.25, -0.2) is 0 Å². The van der Waals surface area contributed by atoms with Gasteiger partial charge in [-0.15, -0.1) is 23.4 Å². The zero-order valence-corrected chi connectivity index (χ0v) is 13.4. The van der Waals surface area contributed by atoms with E-state index < -0.39 is 12.2 Å². The van der Waals surface area contributed by atoms with Crippen LogP contribution < -0.4 is 9.64 Å². The van der Waals surface area contributed by atoms with Gasteiger partial charge in [-0.3, -0.25) is 4.98 Å². The highest BCUT2D eigenvalue weighted by Gasteiger charge is 2.52. The summed E-state index contributed by atoms with van der Waals surface area (Å²) >= 11 is 0. The van der Waals surface area contributed by atoms with E-state index in [0.717, 1.165) is 19.5 Å². The molecule has 2 aromatic heterocycles. The summed E-state index contributed by atoms with van der Waals surface area (Å²) in [5.41, 5.74) is 1.60. The van der Waals surface area contributed by atoms with E-state index in [2.05, 4.69) is 26.0 Å². The van der Waals surface area contributed by atoms with Crippen molar-refractivity contribution in [3.05, 3.63) is 42.2 Å². The number of rotatable bonds is 4. The van der Waals surface area contributed by atoms with E-state index in [1.165, 1.54) is 30.5 Å². The quantitative estimate of drug-likeness (QED) is 0.847. The third-order valence-electron chi connectivity index (χ3n) is 4.91. The Morgan fingerprint density at radius 1 is 1.16 bits per heavy atom. The lowest BCUT2D eigenvalue weighted by Crippen LogP contribution is -2.62. The molecular weight excluding hydrogens is 333 g/mol. The van der Waals surface area contributed by atoms with Crippen LogP contribution in [0.1, 0.15) is 18.4 Å². The molecule has 0 N–H and O–H groups in total. The van der Waals surface area contributed by atoms with E-state index in [1.807, 2.05) is 17.2 Å². The summed E-state index contributed by atoms with van der Waals surface area (Å²) < 4.78 is 40.1. The molecule has 8 heteroatoms. The van der Waals surface area contributed by atoms with Crippen LogP contribution in [0.25, 0.3) is 0 Å². The zero-order valence-electron chi connectivity index (χ0n) is 13.4. The van der Waals surface area contributed by atoms with E-state index >= 15 is 0 Å². The van der Waals surface area contributed by atoms with E-state index in [4.69, 9.17) is 0 Å². The molecule has 132 valence electrons. The van der Waals surface area contributed by atoms with Crippen molar-refractivity contribution < 1.29 is 17.9 Å². The van der Waals surface area contributed by atoms with Gasteiger partial charge in [0.15, 0.2) is 5.82 Å². The van der Waals surface area contributed by atoms with Crippen LogP contribution in [0, 0.1) is 11.3 Å². The van der Waals surface area contributed by atoms with Crippen LogP contribution in [0.2, 0.25) is 0 Å². The second-order valence-corrected chi connectivity index (χ2v) is 6.97. The second kappa shape index (κ2) is 5.86. The number of pyridine rings is 1. The maximum Gasteiger partial charge on any atom is 0.574 e. The fraction of sp³-hybridized carbons (Fsp3) is 0.471. The Balaban J connectivity index is 1.27. The molecule has 0 amide bonds. The lowest BCUT2D eigenvalue weighted by Gasteiger charge is -2.59. The van der Waals surface area contributed by atoms with Crippen molar-refractivity contribution in [1.82, 2.24) is 15.2 Å². The number of anilines is 1. The minimum atomic E-state index is -4.74. The molecule has 1 aliphatic carbocycles. The first kappa shape index (κ1) is 16.1. The molecule has 2 aliphatic rings. The highest BCUT2D eigenvalue weighted by Crippen LogP contribution is 2.53. The van der Waals surface area contributed by atoms with Gasteiger partial charge in [0.05, 0.1) is 0 Å². The number of ether oxygens (including phenoxy) is 1. The number of hydrogen-bond acceptors (Lipinski definition) is 5. The summed E-state index contributed by atoms with van der Waals surface area (Å²) in [6.07, 6.45) is 2.34. The van der Waals surface area contributed by atoms with Crippen LogP contribution in [0.5, 0.6) is 5.88 Å². The first-order chi connectivity index (χ1) is 11.9. The molecule has 4 rings (SSSR count). The van der Waals surface area contributed by atoms with E-state index in [9.17, 15) is 13.2 Å². The van der Waals surface area contributed by atoms with Gasteiger partial charge in [0.1, 0.15) is 0 Å². The average Bonchev–Trinajstić information content (AvgIpc) is 2.49. The van der Waals surface area contributed by atoms with Crippen LogP contribution in [0.15, 0.2) is 36.7 Å². The summed E-state index contributed by atoms with van der Waals surface area (Å²) in [7, 11) is 0. The SMILES string of the molecule is FC(F)(F)Oc1ccc(N2CC3(CC(Cc4cccnc4)C3)C2)nn1. The first-order valence-electron chi connectivity index (χ1n) is 8.14. The van der Waals surface area contributed by atoms with Crippen LogP contribution in [0.4, 0.5) is 19.0 Å². The Hall–Kier alpha value is -2.38. The Morgan fingerprint density at radius 3 is 2.56 bits per heavy atom. The topological polar surface area (TPSA) is 51.1 Å². The van der Waals surface area contributed by atoms with Crippen molar-refractivity contribution in [3.8, 4) is 5.88 Å². The summed E-state index contributed by atoms with van der Waals surface area (Å²) in [4.78, 5) is 6.19. The molecule has 0 atom stereocenters. The lowest BCUT2D eigenvalue weighted by molar-refractivity contribution is -0.276. The van der Waals surface area contributed by atoms with E-state index in [1.54, 1.807) is 6.20 Å². The third kappa shape index (κ3) is 3.52. The van der Waals surface area contributed by atoms with Gasteiger partial charge in [-0.05, 0) is 42.9 Å². The molecule has 2 aromatic rings. The average molecular weight is 350 g/mol. The number of hydrogen-bond donors (Lipinski definition) is 0. The highest BCUT2D eigenvalue weighted by atomic mass is 19.4. The van der Waals surface area contributed by atoms with Crippen molar-refractivity contribution in [2.24, 2.45) is 11.3 Å². The second-order valence-electron chi connectivity index (χ2n) is 6.97. The molecule has 1 saturated carbocycles. The predicted molar refractivity (Wildman–Crippen MR) is 84.0 cm³/mol. The maximum atomic E-state index is 12.1. The third-order valence-corrected chi connectivity index (χ3v) is 4.91. The summed E-state index contributed by atoms with van der Waals surface area (Å²) in [5.74, 6) is 0.738. The molecule has 25 heavy (non-hydrogen) atoms. The molecule has 3 heterocycles. The van der Waals surface area contributed by atoms with Gasteiger partial charge in [-0.2, -0.15) is 0 Å². The number of aromatic nitrogens is 3. The van der Waals surface area contributed by atoms with E-state index in [-0.39, 0.29) is 0 Å². The highest BCUT2D eigenvalue weighted by molar-refractivity contribution is 5.43. The molecule has 5 nitrogen and oxygen atoms in total. The molecule has 1 spiro atoms. The standard InChI is InChI=1S/C17H17F3N4O/c18-17(19,20)25-15-4-3-14(22-23-15)24-10-16(11-24)7-13(8-16)6-12-2-1-5-21-9-12/h1-5,9,13H,6-8,10-11H2. The van der Waals surface area contributed by atoms with Crippen LogP contribution in [-0.4, -0.2) is 34.6 Å². The fourth-order valence-corrected chi connectivity index (χ4v) is 4.00. The molecular formula is C17H17F3N4O. The van der Waals surface area contributed by atoms with Crippen LogP contribution in [0.3, 0.4) is 0 Å². The van der Waals surface area contributed by atoms with Gasteiger partial charge in [0.25, 0.3) is 0 Å². The van der Waals surface area contributed by atoms with Crippen molar-refractivity contribution in [2.75, 3.05) is 18.0 Å². The molecule has 0 bridgehead atoms. The normalized spacial score (nSPS) is 19.4. The fourth-order valence-electron chi connectivity index (χ4n) is 4.00. The summed E-state index contributed by atoms with van der Waals surface area (Å²) in [6.45, 7) is 1.76. The Kier molecular flexibility index (Phi) is 3.77. The molecule has 0 unspecified atom stereocenters. The Bertz CT molecular complexity index is 722. The minimum absolute atomic E-state index is 0.329. The van der Waals surface area contributed by atoms with E-state index in [0.29, 0.717) is 17.2 Å². The molecule has 2 fully saturated rings. The van der Waals surface area contributed by atoms with Crippen LogP contribution in [-0.2, 0) is 6.42 Å². The molecule has 0 radical (unpaired) electrons. The predicted octanol–water partition coefficient (Wildman–Crippen LogP) is 3.23. The van der Waals surface area contributed by atoms with Gasteiger partial charge in [0.2, 0.25) is 5.88 Å². The molecule has 1 aliphatic heterocycles. The van der Waals surface area contributed by atoms with Gasteiger partial charge < -0.3 is 9.64 Å². The monoisotopic (exact) mass is 350 g/mol. The van der Waals surface area contributed by atoms with Crippen molar-refractivity contribution >= 4 is 5.82 Å². The largest absolute Gasteiger partial charge is 0.574 e. The van der Waals surface area contributed by atoms with Crippen molar-refractivity contribution in [3.63, 3.8) is 0 Å². The minimum Gasteiger partial charge on any atom is -0.386 e. The summed E-state index contributed by atoms with van der Waals surface area (Å²) in [6, 6.07) is 6.78. The van der Waals surface area contributed by atoms with Crippen molar-refractivity contribution in [2.45, 2.75) is 25.6 Å². The van der Waals surface area contributed by atoms with Gasteiger partial charge >= 0.3 is 6.36 Å². The lowest BCUT2D eigenvalue weighted by atomic mass is 9.56. The van der Waals surface area contributed by atoms with Crippen molar-refractivity contribution in [1.29, 1.82) is 0 Å². The molecule has 0 aromatic carbocycles. The molecule has 1 saturated heterocycles. The number of nitrogens with zero attached hydrogens (tertiary/aromatic N) is 4. The Morgan fingerprint density at radius 2 is 1.96 bits per heavy atom. The van der Waals surface area contributed by atoms with Gasteiger partial charge in [0, 0.05) is 37.0 Å². The first-order valence-corrected chi connectivity index (χ1v) is 8.14. The number of alkyl halides is 3.